The second kappa shape index (κ2) is 5.13. The first-order chi connectivity index (χ1) is 10.8. The smallest absolute Gasteiger partial charge is 0.255 e. The third-order valence-electron chi connectivity index (χ3n) is 4.55. The number of hydrogen-bond donors (Lipinski definition) is 0. The molecule has 4 heteroatoms. The Kier molecular flexibility index (Phi) is 3.10. The van der Waals surface area contributed by atoms with Gasteiger partial charge in [-0.25, -0.2) is 0 Å². The first-order valence-corrected chi connectivity index (χ1v) is 7.82. The molecule has 1 fully saturated rings. The van der Waals surface area contributed by atoms with E-state index in [-0.39, 0.29) is 11.2 Å². The van der Waals surface area contributed by atoms with Crippen LogP contribution in [0.15, 0.2) is 53.7 Å². The van der Waals surface area contributed by atoms with Gasteiger partial charge in [0.05, 0.1) is 11.3 Å². The molecule has 0 radical (unpaired) electrons. The molecule has 0 bridgehead atoms. The maximum atomic E-state index is 12.3. The standard InChI is InChI=1S/C18H18N2O2/c21-17-6-2-5-11-20(17)15-12-18(8-3-1-4-9-18)22-16-7-10-19-13-14(15)16/h2,5-7,10-13H,1,3-4,8-9H2. The summed E-state index contributed by atoms with van der Waals surface area (Å²) in [5.74, 6) is 0.824. The zero-order valence-corrected chi connectivity index (χ0v) is 12.4. The van der Waals surface area contributed by atoms with E-state index < -0.39 is 0 Å². The van der Waals surface area contributed by atoms with Gasteiger partial charge in [0.2, 0.25) is 0 Å². The zero-order valence-electron chi connectivity index (χ0n) is 12.4. The summed E-state index contributed by atoms with van der Waals surface area (Å²) in [6, 6.07) is 7.12. The van der Waals surface area contributed by atoms with Gasteiger partial charge in [0.25, 0.3) is 5.56 Å². The van der Waals surface area contributed by atoms with Gasteiger partial charge in [-0.2, -0.15) is 0 Å². The third kappa shape index (κ3) is 2.15. The Labute approximate surface area is 129 Å². The average molecular weight is 294 g/mol. The lowest BCUT2D eigenvalue weighted by molar-refractivity contribution is 0.0739. The van der Waals surface area contributed by atoms with Crippen LogP contribution >= 0.6 is 0 Å². The van der Waals surface area contributed by atoms with Crippen molar-refractivity contribution in [2.45, 2.75) is 37.7 Å². The van der Waals surface area contributed by atoms with Gasteiger partial charge in [0.15, 0.2) is 0 Å². The fourth-order valence-electron chi connectivity index (χ4n) is 3.46. The summed E-state index contributed by atoms with van der Waals surface area (Å²) in [6.45, 7) is 0. The molecule has 2 aromatic heterocycles. The molecular weight excluding hydrogens is 276 g/mol. The van der Waals surface area contributed by atoms with Gasteiger partial charge in [-0.3, -0.25) is 14.3 Å². The Morgan fingerprint density at radius 1 is 1.14 bits per heavy atom. The van der Waals surface area contributed by atoms with Gasteiger partial charge in [-0.15, -0.1) is 0 Å². The summed E-state index contributed by atoms with van der Waals surface area (Å²) in [7, 11) is 0. The molecule has 0 atom stereocenters. The van der Waals surface area contributed by atoms with Crippen molar-refractivity contribution in [3.8, 4) is 5.75 Å². The summed E-state index contributed by atoms with van der Waals surface area (Å²) in [6.07, 6.45) is 13.0. The van der Waals surface area contributed by atoms with Crippen LogP contribution in [0.2, 0.25) is 0 Å². The number of fused-ring (bicyclic) bond motifs is 1. The van der Waals surface area contributed by atoms with Crippen molar-refractivity contribution >= 4 is 5.70 Å². The van der Waals surface area contributed by atoms with E-state index in [2.05, 4.69) is 11.1 Å². The van der Waals surface area contributed by atoms with Crippen LogP contribution in [-0.4, -0.2) is 15.2 Å². The minimum absolute atomic E-state index is 0.0311. The second-order valence-electron chi connectivity index (χ2n) is 6.04. The SMILES string of the molecule is O=c1ccccn1C1=CC2(CCCCC2)Oc2ccncc21. The molecule has 22 heavy (non-hydrogen) atoms. The predicted molar refractivity (Wildman–Crippen MR) is 84.8 cm³/mol. The topological polar surface area (TPSA) is 44.1 Å². The summed E-state index contributed by atoms with van der Waals surface area (Å²) in [5, 5.41) is 0. The van der Waals surface area contributed by atoms with E-state index in [1.165, 1.54) is 6.42 Å². The largest absolute Gasteiger partial charge is 0.482 e. The predicted octanol–water partition coefficient (Wildman–Crippen LogP) is 3.23. The van der Waals surface area contributed by atoms with Crippen LogP contribution in [0.3, 0.4) is 0 Å². The number of ether oxygens (including phenoxy) is 1. The Morgan fingerprint density at radius 2 is 2.00 bits per heavy atom. The Morgan fingerprint density at radius 3 is 2.82 bits per heavy atom. The molecule has 3 heterocycles. The highest BCUT2D eigenvalue weighted by Crippen LogP contribution is 2.42. The van der Waals surface area contributed by atoms with Crippen molar-refractivity contribution in [1.82, 2.24) is 9.55 Å². The Hall–Kier alpha value is -2.36. The fraction of sp³-hybridized carbons (Fsp3) is 0.333. The number of hydrogen-bond acceptors (Lipinski definition) is 3. The van der Waals surface area contributed by atoms with Crippen LogP contribution < -0.4 is 10.3 Å². The van der Waals surface area contributed by atoms with Gasteiger partial charge in [0, 0.05) is 24.7 Å². The Balaban J connectivity index is 1.92. The summed E-state index contributed by atoms with van der Waals surface area (Å²) >= 11 is 0. The number of aromatic nitrogens is 2. The molecule has 2 aliphatic rings. The summed E-state index contributed by atoms with van der Waals surface area (Å²) in [5.41, 5.74) is 1.46. The van der Waals surface area contributed by atoms with E-state index in [0.717, 1.165) is 42.7 Å². The maximum Gasteiger partial charge on any atom is 0.255 e. The monoisotopic (exact) mass is 294 g/mol. The van der Waals surface area contributed by atoms with Crippen LogP contribution in [0.4, 0.5) is 0 Å². The molecule has 2 aromatic rings. The lowest BCUT2D eigenvalue weighted by Gasteiger charge is -2.39. The highest BCUT2D eigenvalue weighted by molar-refractivity contribution is 5.73. The van der Waals surface area contributed by atoms with Crippen LogP contribution in [0.5, 0.6) is 5.75 Å². The van der Waals surface area contributed by atoms with Gasteiger partial charge < -0.3 is 4.74 Å². The number of rotatable bonds is 1. The molecule has 0 aromatic carbocycles. The maximum absolute atomic E-state index is 12.3. The molecule has 0 unspecified atom stereocenters. The van der Waals surface area contributed by atoms with Crippen molar-refractivity contribution in [3.63, 3.8) is 0 Å². The molecule has 0 N–H and O–H groups in total. The van der Waals surface area contributed by atoms with E-state index in [9.17, 15) is 4.79 Å². The molecule has 1 spiro atoms. The molecule has 1 aliphatic carbocycles. The molecule has 1 saturated carbocycles. The summed E-state index contributed by atoms with van der Waals surface area (Å²) < 4.78 is 8.01. The summed E-state index contributed by atoms with van der Waals surface area (Å²) in [4.78, 5) is 16.5. The van der Waals surface area contributed by atoms with Crippen molar-refractivity contribution in [3.05, 3.63) is 64.8 Å². The second-order valence-corrected chi connectivity index (χ2v) is 6.04. The first kappa shape index (κ1) is 13.3. The third-order valence-corrected chi connectivity index (χ3v) is 4.55. The minimum Gasteiger partial charge on any atom is -0.482 e. The molecule has 1 aliphatic heterocycles. The first-order valence-electron chi connectivity index (χ1n) is 7.82. The molecule has 4 nitrogen and oxygen atoms in total. The van der Waals surface area contributed by atoms with Gasteiger partial charge in [0.1, 0.15) is 11.4 Å². The highest BCUT2D eigenvalue weighted by atomic mass is 16.5. The fourth-order valence-corrected chi connectivity index (χ4v) is 3.46. The van der Waals surface area contributed by atoms with E-state index in [1.54, 1.807) is 29.1 Å². The number of pyridine rings is 2. The van der Waals surface area contributed by atoms with Crippen LogP contribution in [0, 0.1) is 0 Å². The van der Waals surface area contributed by atoms with Crippen LogP contribution in [-0.2, 0) is 0 Å². The van der Waals surface area contributed by atoms with Crippen LogP contribution in [0.25, 0.3) is 5.70 Å². The number of nitrogens with zero attached hydrogens (tertiary/aromatic N) is 2. The molecular formula is C18H18N2O2. The van der Waals surface area contributed by atoms with Gasteiger partial charge in [-0.05, 0) is 43.9 Å². The molecule has 112 valence electrons. The van der Waals surface area contributed by atoms with E-state index in [0.29, 0.717) is 0 Å². The minimum atomic E-state index is -0.281. The van der Waals surface area contributed by atoms with E-state index in [4.69, 9.17) is 4.74 Å². The quantitative estimate of drug-likeness (QED) is 0.811. The lowest BCUT2D eigenvalue weighted by Crippen LogP contribution is -2.39. The van der Waals surface area contributed by atoms with E-state index in [1.807, 2.05) is 18.3 Å². The van der Waals surface area contributed by atoms with Crippen molar-refractivity contribution < 1.29 is 4.74 Å². The average Bonchev–Trinajstić information content (AvgIpc) is 2.55. The van der Waals surface area contributed by atoms with Crippen molar-refractivity contribution in [1.29, 1.82) is 0 Å². The zero-order chi connectivity index (χ0) is 15.0. The van der Waals surface area contributed by atoms with E-state index >= 15 is 0 Å². The van der Waals surface area contributed by atoms with Crippen molar-refractivity contribution in [2.24, 2.45) is 0 Å². The van der Waals surface area contributed by atoms with Crippen LogP contribution in [0.1, 0.15) is 37.7 Å². The molecule has 4 rings (SSSR count). The normalized spacial score (nSPS) is 19.2. The lowest BCUT2D eigenvalue weighted by atomic mass is 9.82. The molecule has 0 saturated heterocycles. The van der Waals surface area contributed by atoms with Crippen molar-refractivity contribution in [2.75, 3.05) is 0 Å². The molecule has 0 amide bonds. The van der Waals surface area contributed by atoms with Gasteiger partial charge >= 0.3 is 0 Å². The highest BCUT2D eigenvalue weighted by Gasteiger charge is 2.37. The van der Waals surface area contributed by atoms with Gasteiger partial charge in [-0.1, -0.05) is 12.5 Å². The Bertz CT molecular complexity index is 785.